The van der Waals surface area contributed by atoms with Gasteiger partial charge in [0.05, 0.1) is 27.2 Å². The van der Waals surface area contributed by atoms with Gasteiger partial charge in [0.1, 0.15) is 24.2 Å². The molecule has 2 amide bonds. The molecule has 1 atom stereocenters. The first-order valence-electron chi connectivity index (χ1n) is 15.3. The molecule has 254 valence electrons. The van der Waals surface area contributed by atoms with E-state index in [2.05, 4.69) is 5.32 Å². The number of nitrogens with one attached hydrogen (secondary N) is 1. The van der Waals surface area contributed by atoms with E-state index in [9.17, 15) is 22.4 Å². The van der Waals surface area contributed by atoms with Crippen LogP contribution in [0.5, 0.6) is 5.75 Å². The molecule has 0 aliphatic rings. The van der Waals surface area contributed by atoms with Crippen molar-refractivity contribution in [2.45, 2.75) is 57.1 Å². The van der Waals surface area contributed by atoms with Crippen molar-refractivity contribution in [3.8, 4) is 5.75 Å². The fourth-order valence-electron chi connectivity index (χ4n) is 4.98. The summed E-state index contributed by atoms with van der Waals surface area (Å²) in [5.41, 5.74) is 0.784. The molecule has 4 rings (SSSR count). The molecule has 0 saturated heterocycles. The van der Waals surface area contributed by atoms with Gasteiger partial charge in [-0.15, -0.1) is 0 Å². The third-order valence-corrected chi connectivity index (χ3v) is 9.75. The van der Waals surface area contributed by atoms with Crippen molar-refractivity contribution in [3.05, 3.63) is 124 Å². The number of benzene rings is 4. The Morgan fingerprint density at radius 3 is 2.10 bits per heavy atom. The molecule has 0 heterocycles. The molecule has 0 bridgehead atoms. The van der Waals surface area contributed by atoms with E-state index in [1.54, 1.807) is 18.2 Å². The summed E-state index contributed by atoms with van der Waals surface area (Å²) in [4.78, 5) is 29.8. The van der Waals surface area contributed by atoms with E-state index >= 15 is 0 Å². The van der Waals surface area contributed by atoms with E-state index in [1.807, 2.05) is 58.0 Å². The SMILES string of the molecule is CCOc1ccc(S(=O)(=O)N(CC(=O)N(Cc2ccc(Cl)c(Cl)c2)[C@H](Cc2ccccc2)C(=O)NC(C)(C)C)c2ccc(F)cc2)cc1. The van der Waals surface area contributed by atoms with Gasteiger partial charge >= 0.3 is 0 Å². The highest BCUT2D eigenvalue weighted by Gasteiger charge is 2.35. The summed E-state index contributed by atoms with van der Waals surface area (Å²) in [6.45, 7) is 6.90. The molecule has 0 aromatic heterocycles. The van der Waals surface area contributed by atoms with Crippen LogP contribution in [0.2, 0.25) is 10.0 Å². The minimum absolute atomic E-state index is 0.0619. The molecular weight excluding hydrogens is 676 g/mol. The minimum Gasteiger partial charge on any atom is -0.494 e. The highest BCUT2D eigenvalue weighted by Crippen LogP contribution is 2.28. The van der Waals surface area contributed by atoms with E-state index in [0.29, 0.717) is 22.9 Å². The van der Waals surface area contributed by atoms with Gasteiger partial charge in [-0.3, -0.25) is 13.9 Å². The quantitative estimate of drug-likeness (QED) is 0.157. The number of nitrogens with zero attached hydrogens (tertiary/aromatic N) is 2. The molecule has 48 heavy (non-hydrogen) atoms. The van der Waals surface area contributed by atoms with Crippen molar-refractivity contribution in [1.82, 2.24) is 10.2 Å². The average molecular weight is 715 g/mol. The number of rotatable bonds is 13. The lowest BCUT2D eigenvalue weighted by Gasteiger charge is -2.35. The van der Waals surface area contributed by atoms with Gasteiger partial charge in [0.2, 0.25) is 11.8 Å². The van der Waals surface area contributed by atoms with Gasteiger partial charge in [0, 0.05) is 18.5 Å². The van der Waals surface area contributed by atoms with Crippen LogP contribution in [-0.4, -0.2) is 49.9 Å². The van der Waals surface area contributed by atoms with Crippen molar-refractivity contribution < 1.29 is 27.1 Å². The topological polar surface area (TPSA) is 96.0 Å². The number of carbonyl (C=O) groups is 2. The average Bonchev–Trinajstić information content (AvgIpc) is 3.03. The van der Waals surface area contributed by atoms with Crippen molar-refractivity contribution in [1.29, 1.82) is 0 Å². The van der Waals surface area contributed by atoms with Crippen LogP contribution in [0.3, 0.4) is 0 Å². The Hall–Kier alpha value is -4.12. The molecular formula is C36H38Cl2FN3O5S. The number of hydrogen-bond donors (Lipinski definition) is 1. The number of hydrogen-bond acceptors (Lipinski definition) is 5. The van der Waals surface area contributed by atoms with Crippen molar-refractivity contribution >= 4 is 50.7 Å². The normalized spacial score (nSPS) is 12.2. The van der Waals surface area contributed by atoms with Crippen LogP contribution in [0, 0.1) is 5.82 Å². The summed E-state index contributed by atoms with van der Waals surface area (Å²) in [7, 11) is -4.38. The lowest BCUT2D eigenvalue weighted by Crippen LogP contribution is -2.56. The summed E-state index contributed by atoms with van der Waals surface area (Å²) in [5, 5.41) is 3.55. The van der Waals surface area contributed by atoms with E-state index in [4.69, 9.17) is 27.9 Å². The fourth-order valence-corrected chi connectivity index (χ4v) is 6.71. The van der Waals surface area contributed by atoms with E-state index in [0.717, 1.165) is 22.0 Å². The Balaban J connectivity index is 1.82. The van der Waals surface area contributed by atoms with Crippen molar-refractivity contribution in [3.63, 3.8) is 0 Å². The molecule has 4 aromatic carbocycles. The van der Waals surface area contributed by atoms with Crippen LogP contribution in [0.15, 0.2) is 102 Å². The molecule has 0 radical (unpaired) electrons. The van der Waals surface area contributed by atoms with Gasteiger partial charge in [-0.2, -0.15) is 0 Å². The van der Waals surface area contributed by atoms with Crippen LogP contribution < -0.4 is 14.4 Å². The van der Waals surface area contributed by atoms with Gasteiger partial charge in [-0.05, 0) is 99.5 Å². The number of amides is 2. The Morgan fingerprint density at radius 1 is 0.875 bits per heavy atom. The molecule has 0 fully saturated rings. The molecule has 0 unspecified atom stereocenters. The van der Waals surface area contributed by atoms with Crippen LogP contribution in [0.25, 0.3) is 0 Å². The van der Waals surface area contributed by atoms with E-state index in [-0.39, 0.29) is 28.6 Å². The number of anilines is 1. The number of halogens is 3. The van der Waals surface area contributed by atoms with Gasteiger partial charge in [-0.25, -0.2) is 12.8 Å². The predicted molar refractivity (Wildman–Crippen MR) is 187 cm³/mol. The first-order chi connectivity index (χ1) is 22.7. The summed E-state index contributed by atoms with van der Waals surface area (Å²) >= 11 is 12.5. The molecule has 0 saturated carbocycles. The molecule has 4 aromatic rings. The largest absolute Gasteiger partial charge is 0.494 e. The summed E-state index contributed by atoms with van der Waals surface area (Å²) in [5.74, 6) is -1.21. The number of carbonyl (C=O) groups excluding carboxylic acids is 2. The molecule has 12 heteroatoms. The fraction of sp³-hybridized carbons (Fsp3) is 0.278. The van der Waals surface area contributed by atoms with Gasteiger partial charge in [0.25, 0.3) is 10.0 Å². The van der Waals surface area contributed by atoms with Crippen LogP contribution in [0.4, 0.5) is 10.1 Å². The van der Waals surface area contributed by atoms with Gasteiger partial charge < -0.3 is 15.0 Å². The van der Waals surface area contributed by atoms with Crippen LogP contribution >= 0.6 is 23.2 Å². The third kappa shape index (κ3) is 9.71. The summed E-state index contributed by atoms with van der Waals surface area (Å²) in [6, 6.07) is 23.6. The van der Waals surface area contributed by atoms with Gasteiger partial charge in [-0.1, -0.05) is 59.6 Å². The van der Waals surface area contributed by atoms with Crippen LogP contribution in [0.1, 0.15) is 38.8 Å². The molecule has 0 spiro atoms. The van der Waals surface area contributed by atoms with Crippen molar-refractivity contribution in [2.75, 3.05) is 17.5 Å². The summed E-state index contributed by atoms with van der Waals surface area (Å²) < 4.78 is 48.7. The second kappa shape index (κ2) is 15.9. The minimum atomic E-state index is -4.38. The zero-order valence-corrected chi connectivity index (χ0v) is 29.4. The smallest absolute Gasteiger partial charge is 0.264 e. The first kappa shape index (κ1) is 36.7. The van der Waals surface area contributed by atoms with Gasteiger partial charge in [0.15, 0.2) is 0 Å². The molecule has 8 nitrogen and oxygen atoms in total. The second-order valence-corrected chi connectivity index (χ2v) is 14.8. The lowest BCUT2D eigenvalue weighted by atomic mass is 10.0. The van der Waals surface area contributed by atoms with Crippen molar-refractivity contribution in [2.24, 2.45) is 0 Å². The first-order valence-corrected chi connectivity index (χ1v) is 17.5. The maximum Gasteiger partial charge on any atom is 0.264 e. The second-order valence-electron chi connectivity index (χ2n) is 12.1. The van der Waals surface area contributed by atoms with E-state index < -0.39 is 45.8 Å². The molecule has 0 aliphatic carbocycles. The highest BCUT2D eigenvalue weighted by molar-refractivity contribution is 7.92. The number of ether oxygens (including phenoxy) is 1. The zero-order chi connectivity index (χ0) is 35.1. The highest BCUT2D eigenvalue weighted by atomic mass is 35.5. The Labute approximate surface area is 291 Å². The van der Waals surface area contributed by atoms with E-state index in [1.165, 1.54) is 41.3 Å². The van der Waals surface area contributed by atoms with Crippen LogP contribution in [-0.2, 0) is 32.6 Å². The zero-order valence-electron chi connectivity index (χ0n) is 27.1. The Bertz CT molecular complexity index is 1820. The molecule has 1 N–H and O–H groups in total. The maximum absolute atomic E-state index is 14.6. The monoisotopic (exact) mass is 713 g/mol. The summed E-state index contributed by atoms with van der Waals surface area (Å²) in [6.07, 6.45) is 0.137. The Morgan fingerprint density at radius 2 is 1.52 bits per heavy atom. The molecule has 0 aliphatic heterocycles. The standard InChI is InChI=1S/C36H38Cl2FN3O5S/c1-5-47-29-16-18-30(19-17-29)48(45,46)42(28-14-12-27(39)13-15-28)24-34(43)41(23-26-11-20-31(37)32(38)21-26)33(35(44)40-36(2,3)4)22-25-9-7-6-8-10-25/h6-21,33H,5,22-24H2,1-4H3,(H,40,44)/t33-/m1/s1. The third-order valence-electron chi connectivity index (χ3n) is 7.22. The lowest BCUT2D eigenvalue weighted by molar-refractivity contribution is -0.140. The number of sulfonamides is 1. The maximum atomic E-state index is 14.6. The predicted octanol–water partition coefficient (Wildman–Crippen LogP) is 7.28. The Kier molecular flexibility index (Phi) is 12.1.